The van der Waals surface area contributed by atoms with Crippen molar-refractivity contribution in [3.05, 3.63) is 6.33 Å². The summed E-state index contributed by atoms with van der Waals surface area (Å²) in [4.78, 5) is 16.2. The number of anilines is 2. The summed E-state index contributed by atoms with van der Waals surface area (Å²) in [6.07, 6.45) is 7.10. The summed E-state index contributed by atoms with van der Waals surface area (Å²) in [5.41, 5.74) is 1.62. The molecule has 2 aromatic rings. The fourth-order valence-corrected chi connectivity index (χ4v) is 3.65. The molecule has 4 rings (SSSR count). The van der Waals surface area contributed by atoms with Crippen molar-refractivity contribution in [2.75, 3.05) is 17.7 Å². The molecule has 2 saturated carbocycles. The van der Waals surface area contributed by atoms with Crippen LogP contribution in [0.25, 0.3) is 11.2 Å². The van der Waals surface area contributed by atoms with Gasteiger partial charge in [-0.05, 0) is 31.1 Å². The lowest BCUT2D eigenvalue weighted by atomic mass is 9.95. The van der Waals surface area contributed by atoms with Gasteiger partial charge in [0, 0.05) is 13.1 Å². The van der Waals surface area contributed by atoms with Crippen molar-refractivity contribution >= 4 is 22.9 Å². The number of rotatable bonds is 3. The standard InChI is InChI=1S/C13H18N6/c1-14-13-18-11-10(15-6-16-11)12(19-13)17-9-5-7-2-3-8(9)4-7/h6-9H,2-5H2,1H3,(H3,14,15,16,17,18,19). The molecule has 19 heavy (non-hydrogen) atoms. The second-order valence-electron chi connectivity index (χ2n) is 5.67. The molecule has 2 aromatic heterocycles. The summed E-state index contributed by atoms with van der Waals surface area (Å²) in [7, 11) is 1.83. The number of fused-ring (bicyclic) bond motifs is 3. The van der Waals surface area contributed by atoms with Gasteiger partial charge in [-0.15, -0.1) is 0 Å². The molecule has 0 aromatic carbocycles. The van der Waals surface area contributed by atoms with Gasteiger partial charge in [-0.3, -0.25) is 0 Å². The maximum Gasteiger partial charge on any atom is 0.226 e. The summed E-state index contributed by atoms with van der Waals surface area (Å²) < 4.78 is 0. The van der Waals surface area contributed by atoms with E-state index in [9.17, 15) is 0 Å². The molecule has 0 spiro atoms. The molecule has 2 fully saturated rings. The van der Waals surface area contributed by atoms with E-state index < -0.39 is 0 Å². The number of aromatic nitrogens is 4. The highest BCUT2D eigenvalue weighted by Gasteiger charge is 2.39. The zero-order valence-corrected chi connectivity index (χ0v) is 11.0. The minimum absolute atomic E-state index is 0.560. The van der Waals surface area contributed by atoms with Crippen molar-refractivity contribution in [2.24, 2.45) is 11.8 Å². The molecular formula is C13H18N6. The van der Waals surface area contributed by atoms with Gasteiger partial charge in [0.05, 0.1) is 6.33 Å². The number of nitrogens with zero attached hydrogens (tertiary/aromatic N) is 3. The molecule has 2 aliphatic rings. The Labute approximate surface area is 111 Å². The summed E-state index contributed by atoms with van der Waals surface area (Å²) in [6, 6.07) is 0.560. The van der Waals surface area contributed by atoms with Crippen LogP contribution in [0.5, 0.6) is 0 Å². The van der Waals surface area contributed by atoms with Gasteiger partial charge in [-0.2, -0.15) is 9.97 Å². The van der Waals surface area contributed by atoms with E-state index in [0.717, 1.165) is 23.2 Å². The minimum Gasteiger partial charge on any atom is -0.365 e. The molecule has 0 radical (unpaired) electrons. The van der Waals surface area contributed by atoms with Crippen LogP contribution in [0.1, 0.15) is 25.7 Å². The Morgan fingerprint density at radius 2 is 2.21 bits per heavy atom. The van der Waals surface area contributed by atoms with E-state index in [1.807, 2.05) is 7.05 Å². The van der Waals surface area contributed by atoms with Crippen LogP contribution in [-0.2, 0) is 0 Å². The molecule has 2 heterocycles. The molecule has 0 aliphatic heterocycles. The Bertz CT molecular complexity index is 606. The lowest BCUT2D eigenvalue weighted by Gasteiger charge is -2.23. The summed E-state index contributed by atoms with van der Waals surface area (Å²) in [6.45, 7) is 0. The van der Waals surface area contributed by atoms with E-state index in [4.69, 9.17) is 0 Å². The maximum absolute atomic E-state index is 4.53. The molecule has 3 atom stereocenters. The van der Waals surface area contributed by atoms with Gasteiger partial charge >= 0.3 is 0 Å². The second-order valence-corrected chi connectivity index (χ2v) is 5.67. The number of aromatic amines is 1. The summed E-state index contributed by atoms with van der Waals surface area (Å²) >= 11 is 0. The van der Waals surface area contributed by atoms with Crippen LogP contribution >= 0.6 is 0 Å². The van der Waals surface area contributed by atoms with Gasteiger partial charge in [0.15, 0.2) is 11.5 Å². The van der Waals surface area contributed by atoms with Crippen molar-refractivity contribution < 1.29 is 0 Å². The number of hydrogen-bond acceptors (Lipinski definition) is 5. The average molecular weight is 258 g/mol. The van der Waals surface area contributed by atoms with Crippen molar-refractivity contribution in [3.8, 4) is 0 Å². The molecule has 2 bridgehead atoms. The van der Waals surface area contributed by atoms with E-state index in [0.29, 0.717) is 17.6 Å². The molecule has 0 saturated heterocycles. The Hall–Kier alpha value is -1.85. The predicted octanol–water partition coefficient (Wildman–Crippen LogP) is 2.00. The quantitative estimate of drug-likeness (QED) is 0.784. The molecule has 100 valence electrons. The number of H-pyrrole nitrogens is 1. The van der Waals surface area contributed by atoms with Crippen LogP contribution < -0.4 is 10.6 Å². The summed E-state index contributed by atoms with van der Waals surface area (Å²) in [5, 5.41) is 6.61. The number of imidazole rings is 1. The van der Waals surface area contributed by atoms with E-state index in [1.54, 1.807) is 6.33 Å². The van der Waals surface area contributed by atoms with Gasteiger partial charge in [0.2, 0.25) is 5.95 Å². The first-order valence-electron chi connectivity index (χ1n) is 6.99. The number of hydrogen-bond donors (Lipinski definition) is 3. The molecule has 6 nitrogen and oxygen atoms in total. The normalized spacial score (nSPS) is 29.0. The van der Waals surface area contributed by atoms with Crippen molar-refractivity contribution in [2.45, 2.75) is 31.7 Å². The second kappa shape index (κ2) is 4.08. The fourth-order valence-electron chi connectivity index (χ4n) is 3.65. The van der Waals surface area contributed by atoms with E-state index in [1.165, 1.54) is 25.7 Å². The first-order valence-corrected chi connectivity index (χ1v) is 6.99. The molecule has 3 N–H and O–H groups in total. The highest BCUT2D eigenvalue weighted by atomic mass is 15.2. The summed E-state index contributed by atoms with van der Waals surface area (Å²) in [5.74, 6) is 3.23. The smallest absolute Gasteiger partial charge is 0.226 e. The van der Waals surface area contributed by atoms with Gasteiger partial charge in [-0.25, -0.2) is 4.98 Å². The van der Waals surface area contributed by atoms with Crippen LogP contribution in [0, 0.1) is 11.8 Å². The van der Waals surface area contributed by atoms with Gasteiger partial charge in [-0.1, -0.05) is 6.42 Å². The lowest BCUT2D eigenvalue weighted by Crippen LogP contribution is -2.26. The Balaban J connectivity index is 1.68. The molecule has 3 unspecified atom stereocenters. The van der Waals surface area contributed by atoms with Crippen LogP contribution in [0.3, 0.4) is 0 Å². The third-order valence-corrected chi connectivity index (χ3v) is 4.57. The number of nitrogens with one attached hydrogen (secondary N) is 3. The van der Waals surface area contributed by atoms with Crippen molar-refractivity contribution in [1.82, 2.24) is 19.9 Å². The monoisotopic (exact) mass is 258 g/mol. The van der Waals surface area contributed by atoms with Crippen LogP contribution in [0.2, 0.25) is 0 Å². The minimum atomic E-state index is 0.560. The van der Waals surface area contributed by atoms with Crippen molar-refractivity contribution in [3.63, 3.8) is 0 Å². The van der Waals surface area contributed by atoms with Crippen LogP contribution in [-0.4, -0.2) is 33.0 Å². The van der Waals surface area contributed by atoms with E-state index >= 15 is 0 Å². The zero-order chi connectivity index (χ0) is 12.8. The SMILES string of the molecule is CNc1nc(NC2CC3CCC2C3)c2[nH]cnc2n1. The average Bonchev–Trinajstić information content (AvgIpc) is 3.13. The van der Waals surface area contributed by atoms with Gasteiger partial charge in [0.25, 0.3) is 0 Å². The fraction of sp³-hybridized carbons (Fsp3) is 0.615. The molecule has 6 heteroatoms. The first-order chi connectivity index (χ1) is 9.33. The van der Waals surface area contributed by atoms with E-state index in [-0.39, 0.29) is 0 Å². The van der Waals surface area contributed by atoms with Crippen molar-refractivity contribution in [1.29, 1.82) is 0 Å². The first kappa shape index (κ1) is 11.0. The third-order valence-electron chi connectivity index (χ3n) is 4.57. The molecule has 0 amide bonds. The highest BCUT2D eigenvalue weighted by Crippen LogP contribution is 2.45. The Morgan fingerprint density at radius 1 is 1.26 bits per heavy atom. The lowest BCUT2D eigenvalue weighted by molar-refractivity contribution is 0.439. The van der Waals surface area contributed by atoms with Crippen LogP contribution in [0.15, 0.2) is 6.33 Å². The molecular weight excluding hydrogens is 240 g/mol. The largest absolute Gasteiger partial charge is 0.365 e. The van der Waals surface area contributed by atoms with Gasteiger partial charge < -0.3 is 15.6 Å². The Morgan fingerprint density at radius 3 is 2.95 bits per heavy atom. The Kier molecular flexibility index (Phi) is 2.36. The zero-order valence-electron chi connectivity index (χ0n) is 11.0. The molecule has 2 aliphatic carbocycles. The van der Waals surface area contributed by atoms with E-state index in [2.05, 4.69) is 30.6 Å². The topological polar surface area (TPSA) is 78.5 Å². The third kappa shape index (κ3) is 1.74. The highest BCUT2D eigenvalue weighted by molar-refractivity contribution is 5.83. The maximum atomic E-state index is 4.53. The predicted molar refractivity (Wildman–Crippen MR) is 74.1 cm³/mol. The van der Waals surface area contributed by atoms with Gasteiger partial charge in [0.1, 0.15) is 5.52 Å². The van der Waals surface area contributed by atoms with Crippen LogP contribution in [0.4, 0.5) is 11.8 Å².